The first-order chi connectivity index (χ1) is 11.8. The van der Waals surface area contributed by atoms with Gasteiger partial charge in [-0.25, -0.2) is 5.43 Å². The summed E-state index contributed by atoms with van der Waals surface area (Å²) in [4.78, 5) is 8.19. The summed E-state index contributed by atoms with van der Waals surface area (Å²) in [5, 5.41) is 16.4. The van der Waals surface area contributed by atoms with E-state index >= 15 is 0 Å². The van der Waals surface area contributed by atoms with Gasteiger partial charge < -0.3 is 9.40 Å². The fraction of sp³-hybridized carbons (Fsp3) is 0. The Morgan fingerprint density at radius 3 is 3.08 bits per heavy atom. The van der Waals surface area contributed by atoms with Crippen molar-refractivity contribution in [2.24, 2.45) is 5.10 Å². The molecule has 1 aromatic carbocycles. The van der Waals surface area contributed by atoms with Gasteiger partial charge in [0.2, 0.25) is 11.6 Å². The van der Waals surface area contributed by atoms with Crippen molar-refractivity contribution in [2.45, 2.75) is 0 Å². The SMILES string of the molecule is N#Cc1nc(-c2cccs2)oc1N/N=C/c1cccc2[nH]ccc12. The number of thiophene rings is 1. The van der Waals surface area contributed by atoms with Crippen LogP contribution in [0.25, 0.3) is 21.7 Å². The third-order valence-electron chi connectivity index (χ3n) is 3.46. The number of nitrogens with one attached hydrogen (secondary N) is 2. The number of anilines is 1. The van der Waals surface area contributed by atoms with Gasteiger partial charge in [-0.3, -0.25) is 0 Å². The number of nitriles is 1. The molecule has 0 aliphatic rings. The molecule has 0 saturated carbocycles. The molecular formula is C17H11N5OS. The zero-order valence-corrected chi connectivity index (χ0v) is 13.2. The van der Waals surface area contributed by atoms with E-state index in [0.29, 0.717) is 5.89 Å². The molecule has 4 aromatic rings. The standard InChI is InChI=1S/C17H11N5OS/c18-9-14-16(23-17(21-14)15-5-2-8-24-15)22-20-10-11-3-1-4-13-12(11)6-7-19-13/h1-8,10,19,22H/b20-10+. The largest absolute Gasteiger partial charge is 0.416 e. The van der Waals surface area contributed by atoms with Gasteiger partial charge >= 0.3 is 0 Å². The van der Waals surface area contributed by atoms with Crippen LogP contribution in [0.15, 0.2) is 57.5 Å². The highest BCUT2D eigenvalue weighted by Crippen LogP contribution is 2.28. The minimum atomic E-state index is 0.176. The second-order valence-corrected chi connectivity index (χ2v) is 5.89. The highest BCUT2D eigenvalue weighted by atomic mass is 32.1. The van der Waals surface area contributed by atoms with Crippen molar-refractivity contribution in [1.29, 1.82) is 5.26 Å². The normalized spacial score (nSPS) is 11.1. The molecule has 3 aromatic heterocycles. The Balaban J connectivity index is 1.60. The van der Waals surface area contributed by atoms with Gasteiger partial charge in [-0.1, -0.05) is 18.2 Å². The van der Waals surface area contributed by atoms with Crippen molar-refractivity contribution in [1.82, 2.24) is 9.97 Å². The molecule has 4 rings (SSSR count). The number of hydrogen-bond donors (Lipinski definition) is 2. The summed E-state index contributed by atoms with van der Waals surface area (Å²) in [6, 6.07) is 13.7. The van der Waals surface area contributed by atoms with Gasteiger partial charge in [0.05, 0.1) is 11.1 Å². The molecule has 0 bridgehead atoms. The Morgan fingerprint density at radius 2 is 2.25 bits per heavy atom. The fourth-order valence-electron chi connectivity index (χ4n) is 2.36. The lowest BCUT2D eigenvalue weighted by atomic mass is 10.1. The Morgan fingerprint density at radius 1 is 1.29 bits per heavy atom. The summed E-state index contributed by atoms with van der Waals surface area (Å²) in [7, 11) is 0. The van der Waals surface area contributed by atoms with Crippen LogP contribution in [0.4, 0.5) is 5.88 Å². The molecule has 3 heterocycles. The van der Waals surface area contributed by atoms with Crippen molar-refractivity contribution in [2.75, 3.05) is 5.43 Å². The number of H-pyrrole nitrogens is 1. The summed E-state index contributed by atoms with van der Waals surface area (Å²) in [5.74, 6) is 0.644. The van der Waals surface area contributed by atoms with Crippen LogP contribution < -0.4 is 5.43 Å². The van der Waals surface area contributed by atoms with Crippen molar-refractivity contribution in [3.8, 4) is 16.8 Å². The van der Waals surface area contributed by atoms with E-state index in [1.165, 1.54) is 11.3 Å². The molecule has 0 fully saturated rings. The summed E-state index contributed by atoms with van der Waals surface area (Å²) < 4.78 is 5.61. The lowest BCUT2D eigenvalue weighted by Gasteiger charge is -1.97. The maximum Gasteiger partial charge on any atom is 0.252 e. The number of hydrazone groups is 1. The van der Waals surface area contributed by atoms with E-state index in [1.807, 2.05) is 54.0 Å². The van der Waals surface area contributed by atoms with Crippen molar-refractivity contribution >= 4 is 34.3 Å². The lowest BCUT2D eigenvalue weighted by Crippen LogP contribution is -1.91. The highest BCUT2D eigenvalue weighted by Gasteiger charge is 2.14. The van der Waals surface area contributed by atoms with Gasteiger partial charge in [-0.2, -0.15) is 15.3 Å². The topological polar surface area (TPSA) is 90.0 Å². The van der Waals surface area contributed by atoms with Crippen LogP contribution in [-0.4, -0.2) is 16.2 Å². The van der Waals surface area contributed by atoms with Gasteiger partial charge in [0.15, 0.2) is 0 Å². The molecule has 6 nitrogen and oxygen atoms in total. The summed E-state index contributed by atoms with van der Waals surface area (Å²) >= 11 is 1.50. The molecule has 7 heteroatoms. The highest BCUT2D eigenvalue weighted by molar-refractivity contribution is 7.13. The predicted octanol–water partition coefficient (Wildman–Crippen LogP) is 4.20. The van der Waals surface area contributed by atoms with Crippen molar-refractivity contribution in [3.63, 3.8) is 0 Å². The number of fused-ring (bicyclic) bond motifs is 1. The zero-order chi connectivity index (χ0) is 16.4. The van der Waals surface area contributed by atoms with Crippen LogP contribution in [0.2, 0.25) is 0 Å². The minimum Gasteiger partial charge on any atom is -0.416 e. The maximum absolute atomic E-state index is 9.19. The molecular weight excluding hydrogens is 322 g/mol. The maximum atomic E-state index is 9.19. The number of hydrogen-bond acceptors (Lipinski definition) is 6. The van der Waals surface area contributed by atoms with E-state index in [-0.39, 0.29) is 11.6 Å². The molecule has 24 heavy (non-hydrogen) atoms. The number of aromatic amines is 1. The van der Waals surface area contributed by atoms with E-state index in [4.69, 9.17) is 4.42 Å². The lowest BCUT2D eigenvalue weighted by molar-refractivity contribution is 0.588. The molecule has 2 N–H and O–H groups in total. The van der Waals surface area contributed by atoms with E-state index in [0.717, 1.165) is 21.3 Å². The Labute approximate surface area is 141 Å². The molecule has 0 atom stereocenters. The third-order valence-corrected chi connectivity index (χ3v) is 4.32. The quantitative estimate of drug-likeness (QED) is 0.432. The molecule has 116 valence electrons. The molecule has 0 amide bonds. The molecule has 0 unspecified atom stereocenters. The number of aromatic nitrogens is 2. The summed E-state index contributed by atoms with van der Waals surface area (Å²) in [6.45, 7) is 0. The van der Waals surface area contributed by atoms with Gasteiger partial charge in [-0.05, 0) is 23.6 Å². The van der Waals surface area contributed by atoms with Gasteiger partial charge in [0.1, 0.15) is 6.07 Å². The molecule has 0 aliphatic heterocycles. The molecule has 0 radical (unpaired) electrons. The monoisotopic (exact) mass is 333 g/mol. The number of nitrogens with zero attached hydrogens (tertiary/aromatic N) is 3. The minimum absolute atomic E-state index is 0.176. The number of benzene rings is 1. The van der Waals surface area contributed by atoms with Crippen molar-refractivity contribution in [3.05, 3.63) is 59.2 Å². The van der Waals surface area contributed by atoms with Gasteiger partial charge in [-0.15, -0.1) is 11.3 Å². The van der Waals surface area contributed by atoms with Crippen LogP contribution in [0.3, 0.4) is 0 Å². The Hall–Kier alpha value is -3.37. The molecule has 0 aliphatic carbocycles. The van der Waals surface area contributed by atoms with E-state index in [9.17, 15) is 5.26 Å². The zero-order valence-electron chi connectivity index (χ0n) is 12.4. The first kappa shape index (κ1) is 14.2. The van der Waals surface area contributed by atoms with Crippen LogP contribution in [-0.2, 0) is 0 Å². The van der Waals surface area contributed by atoms with Gasteiger partial charge in [0.25, 0.3) is 5.88 Å². The van der Waals surface area contributed by atoms with E-state index in [2.05, 4.69) is 20.5 Å². The smallest absolute Gasteiger partial charge is 0.252 e. The van der Waals surface area contributed by atoms with Crippen LogP contribution in [0.5, 0.6) is 0 Å². The first-order valence-corrected chi connectivity index (χ1v) is 8.03. The van der Waals surface area contributed by atoms with E-state index in [1.54, 1.807) is 6.21 Å². The average Bonchev–Trinajstić information content (AvgIpc) is 3.34. The van der Waals surface area contributed by atoms with Crippen molar-refractivity contribution < 1.29 is 4.42 Å². The third kappa shape index (κ3) is 2.55. The number of rotatable bonds is 4. The average molecular weight is 333 g/mol. The van der Waals surface area contributed by atoms with Crippen LogP contribution >= 0.6 is 11.3 Å². The first-order valence-electron chi connectivity index (χ1n) is 7.15. The molecule has 0 saturated heterocycles. The Bertz CT molecular complexity index is 1050. The van der Waals surface area contributed by atoms with Gasteiger partial charge in [0, 0.05) is 22.7 Å². The van der Waals surface area contributed by atoms with Crippen LogP contribution in [0.1, 0.15) is 11.3 Å². The predicted molar refractivity (Wildman–Crippen MR) is 94.0 cm³/mol. The molecule has 0 spiro atoms. The van der Waals surface area contributed by atoms with Crippen LogP contribution in [0, 0.1) is 11.3 Å². The Kier molecular flexibility index (Phi) is 3.57. The second kappa shape index (κ2) is 6.02. The second-order valence-electron chi connectivity index (χ2n) is 4.94. The van der Waals surface area contributed by atoms with E-state index < -0.39 is 0 Å². The number of oxazole rings is 1. The summed E-state index contributed by atoms with van der Waals surface area (Å²) in [6.07, 6.45) is 3.57. The summed E-state index contributed by atoms with van der Waals surface area (Å²) in [5.41, 5.74) is 4.93. The fourth-order valence-corrected chi connectivity index (χ4v) is 3.01.